The number of carbonyl (C=O) groups excluding carboxylic acids is 1. The van der Waals surface area contributed by atoms with Crippen LogP contribution in [0.1, 0.15) is 0 Å². The Hall–Kier alpha value is -2.25. The van der Waals surface area contributed by atoms with E-state index in [9.17, 15) is 20.0 Å². The first kappa shape index (κ1) is 15.1. The second kappa shape index (κ2) is 6.47. The number of anilines is 1. The van der Waals surface area contributed by atoms with E-state index in [1.807, 2.05) is 0 Å². The first-order valence-electron chi connectivity index (χ1n) is 5.68. The standard InChI is InChI=1S/C13H9ClN2O4S/c14-9-7-8(16(19)20)5-6-10(9)15-13(18)21-12-4-2-1-3-11(12)17/h1-7,17H,(H,15,18). The molecule has 0 unspecified atom stereocenters. The van der Waals surface area contributed by atoms with Gasteiger partial charge in [-0.25, -0.2) is 0 Å². The van der Waals surface area contributed by atoms with Gasteiger partial charge in [-0.3, -0.25) is 14.9 Å². The van der Waals surface area contributed by atoms with Crippen molar-refractivity contribution in [2.75, 3.05) is 5.32 Å². The molecule has 0 saturated carbocycles. The van der Waals surface area contributed by atoms with Gasteiger partial charge in [0.05, 0.1) is 20.5 Å². The van der Waals surface area contributed by atoms with Crippen molar-refractivity contribution in [2.24, 2.45) is 0 Å². The molecule has 21 heavy (non-hydrogen) atoms. The first-order valence-corrected chi connectivity index (χ1v) is 6.87. The van der Waals surface area contributed by atoms with E-state index in [0.29, 0.717) is 4.90 Å². The van der Waals surface area contributed by atoms with Crippen molar-refractivity contribution in [3.05, 3.63) is 57.6 Å². The van der Waals surface area contributed by atoms with E-state index in [4.69, 9.17) is 11.6 Å². The van der Waals surface area contributed by atoms with E-state index in [-0.39, 0.29) is 22.1 Å². The summed E-state index contributed by atoms with van der Waals surface area (Å²) < 4.78 is 0. The highest BCUT2D eigenvalue weighted by Gasteiger charge is 2.13. The Bertz CT molecular complexity index is 708. The van der Waals surface area contributed by atoms with E-state index in [1.165, 1.54) is 18.2 Å². The van der Waals surface area contributed by atoms with Gasteiger partial charge in [-0.1, -0.05) is 23.7 Å². The molecule has 2 rings (SSSR count). The van der Waals surface area contributed by atoms with Crippen LogP contribution in [0.25, 0.3) is 0 Å². The zero-order chi connectivity index (χ0) is 15.4. The number of carbonyl (C=O) groups is 1. The number of amides is 1. The number of phenols is 1. The van der Waals surface area contributed by atoms with Crippen molar-refractivity contribution in [1.82, 2.24) is 0 Å². The average molecular weight is 325 g/mol. The number of hydrogen-bond donors (Lipinski definition) is 2. The summed E-state index contributed by atoms with van der Waals surface area (Å²) >= 11 is 6.67. The Labute approximate surface area is 128 Å². The minimum absolute atomic E-state index is 0.00699. The number of phenolic OH excluding ortho intramolecular Hbond substituents is 1. The van der Waals surface area contributed by atoms with Gasteiger partial charge in [0.2, 0.25) is 0 Å². The SMILES string of the molecule is O=C(Nc1ccc([N+](=O)[O-])cc1Cl)Sc1ccccc1O. The molecule has 0 saturated heterocycles. The molecule has 0 aliphatic rings. The maximum absolute atomic E-state index is 11.9. The lowest BCUT2D eigenvalue weighted by Crippen LogP contribution is -2.05. The molecule has 0 aromatic heterocycles. The highest BCUT2D eigenvalue weighted by Crippen LogP contribution is 2.31. The van der Waals surface area contributed by atoms with Crippen LogP contribution < -0.4 is 5.32 Å². The van der Waals surface area contributed by atoms with Crippen LogP contribution in [0.5, 0.6) is 5.75 Å². The Morgan fingerprint density at radius 1 is 1.29 bits per heavy atom. The van der Waals surface area contributed by atoms with Crippen LogP contribution in [0, 0.1) is 10.1 Å². The summed E-state index contributed by atoms with van der Waals surface area (Å²) in [5, 5.41) is 22.3. The third-order valence-corrected chi connectivity index (χ3v) is 3.63. The van der Waals surface area contributed by atoms with E-state index in [2.05, 4.69) is 5.32 Å². The topological polar surface area (TPSA) is 92.5 Å². The highest BCUT2D eigenvalue weighted by molar-refractivity contribution is 8.14. The van der Waals surface area contributed by atoms with Gasteiger partial charge in [-0.05, 0) is 30.0 Å². The Balaban J connectivity index is 2.10. The van der Waals surface area contributed by atoms with Crippen LogP contribution >= 0.6 is 23.4 Å². The number of hydrogen-bond acceptors (Lipinski definition) is 5. The maximum atomic E-state index is 11.9. The fourth-order valence-electron chi connectivity index (χ4n) is 1.50. The van der Waals surface area contributed by atoms with Crippen LogP contribution in [0.4, 0.5) is 16.2 Å². The largest absolute Gasteiger partial charge is 0.507 e. The number of non-ortho nitro benzene ring substituents is 1. The zero-order valence-electron chi connectivity index (χ0n) is 10.4. The number of rotatable bonds is 3. The van der Waals surface area contributed by atoms with Crippen LogP contribution in [-0.4, -0.2) is 15.3 Å². The predicted molar refractivity (Wildman–Crippen MR) is 81.1 cm³/mol. The lowest BCUT2D eigenvalue weighted by atomic mass is 10.3. The summed E-state index contributed by atoms with van der Waals surface area (Å²) in [6, 6.07) is 10.1. The Morgan fingerprint density at radius 2 is 2.00 bits per heavy atom. The molecule has 0 aliphatic carbocycles. The average Bonchev–Trinajstić information content (AvgIpc) is 2.43. The van der Waals surface area contributed by atoms with E-state index in [1.54, 1.807) is 18.2 Å². The number of halogens is 1. The highest BCUT2D eigenvalue weighted by atomic mass is 35.5. The fourth-order valence-corrected chi connectivity index (χ4v) is 2.40. The Morgan fingerprint density at radius 3 is 2.62 bits per heavy atom. The molecule has 8 heteroatoms. The minimum atomic E-state index is -0.575. The van der Waals surface area contributed by atoms with E-state index in [0.717, 1.165) is 17.8 Å². The van der Waals surface area contributed by atoms with Gasteiger partial charge < -0.3 is 10.4 Å². The number of aromatic hydroxyl groups is 1. The number of nitrogens with one attached hydrogen (secondary N) is 1. The molecule has 0 fully saturated rings. The fraction of sp³-hybridized carbons (Fsp3) is 0. The summed E-state index contributed by atoms with van der Waals surface area (Å²) in [6.45, 7) is 0. The summed E-state index contributed by atoms with van der Waals surface area (Å²) in [6.07, 6.45) is 0. The molecule has 0 atom stereocenters. The van der Waals surface area contributed by atoms with Crippen LogP contribution in [0.2, 0.25) is 5.02 Å². The van der Waals surface area contributed by atoms with Crippen molar-refractivity contribution in [3.8, 4) is 5.75 Å². The molecule has 6 nitrogen and oxygen atoms in total. The van der Waals surface area contributed by atoms with Crippen molar-refractivity contribution < 1.29 is 14.8 Å². The van der Waals surface area contributed by atoms with Crippen LogP contribution in [-0.2, 0) is 0 Å². The molecule has 2 aromatic carbocycles. The Kier molecular flexibility index (Phi) is 4.66. The van der Waals surface area contributed by atoms with Gasteiger partial charge in [0, 0.05) is 12.1 Å². The van der Waals surface area contributed by atoms with Crippen LogP contribution in [0.15, 0.2) is 47.4 Å². The molecule has 1 amide bonds. The van der Waals surface area contributed by atoms with Crippen molar-refractivity contribution >= 4 is 40.0 Å². The minimum Gasteiger partial charge on any atom is -0.507 e. The van der Waals surface area contributed by atoms with Crippen LogP contribution in [0.3, 0.4) is 0 Å². The molecule has 0 bridgehead atoms. The number of nitro groups is 1. The summed E-state index contributed by atoms with van der Waals surface area (Å²) in [4.78, 5) is 22.3. The number of nitro benzene ring substituents is 1. The van der Waals surface area contributed by atoms with Crippen molar-refractivity contribution in [2.45, 2.75) is 4.90 Å². The number of nitrogens with zero attached hydrogens (tertiary/aromatic N) is 1. The molecule has 2 aromatic rings. The smallest absolute Gasteiger partial charge is 0.288 e. The number of benzene rings is 2. The quantitative estimate of drug-likeness (QED) is 0.499. The van der Waals surface area contributed by atoms with Gasteiger partial charge in [0.25, 0.3) is 10.9 Å². The van der Waals surface area contributed by atoms with E-state index >= 15 is 0 Å². The third-order valence-electron chi connectivity index (χ3n) is 2.47. The number of thioether (sulfide) groups is 1. The van der Waals surface area contributed by atoms with Gasteiger partial charge in [0.1, 0.15) is 5.75 Å². The zero-order valence-corrected chi connectivity index (χ0v) is 12.0. The molecule has 0 radical (unpaired) electrons. The second-order valence-corrected chi connectivity index (χ2v) is 5.33. The lowest BCUT2D eigenvalue weighted by Gasteiger charge is -2.07. The first-order chi connectivity index (χ1) is 9.97. The normalized spacial score (nSPS) is 10.1. The molecular formula is C13H9ClN2O4S. The lowest BCUT2D eigenvalue weighted by molar-refractivity contribution is -0.384. The number of para-hydroxylation sites is 1. The summed E-state index contributed by atoms with van der Waals surface area (Å²) in [5.41, 5.74) is 0.0987. The van der Waals surface area contributed by atoms with Crippen molar-refractivity contribution in [3.63, 3.8) is 0 Å². The van der Waals surface area contributed by atoms with Gasteiger partial charge in [-0.15, -0.1) is 0 Å². The van der Waals surface area contributed by atoms with Gasteiger partial charge in [-0.2, -0.15) is 0 Å². The molecular weight excluding hydrogens is 316 g/mol. The third kappa shape index (κ3) is 3.87. The summed E-state index contributed by atoms with van der Waals surface area (Å²) in [7, 11) is 0. The summed E-state index contributed by atoms with van der Waals surface area (Å²) in [5.74, 6) is -0.00699. The van der Waals surface area contributed by atoms with Gasteiger partial charge >= 0.3 is 0 Å². The molecule has 108 valence electrons. The molecule has 0 aliphatic heterocycles. The molecule has 0 heterocycles. The van der Waals surface area contributed by atoms with E-state index < -0.39 is 10.2 Å². The molecule has 0 spiro atoms. The predicted octanol–water partition coefficient (Wildman–Crippen LogP) is 4.28. The maximum Gasteiger partial charge on any atom is 0.288 e. The second-order valence-electron chi connectivity index (χ2n) is 3.90. The monoisotopic (exact) mass is 324 g/mol. The van der Waals surface area contributed by atoms with Crippen molar-refractivity contribution in [1.29, 1.82) is 0 Å². The molecule has 2 N–H and O–H groups in total. The van der Waals surface area contributed by atoms with Gasteiger partial charge in [0.15, 0.2) is 0 Å².